The summed E-state index contributed by atoms with van der Waals surface area (Å²) in [6, 6.07) is 0. The molecule has 0 atom stereocenters. The number of rotatable bonds is 7. The lowest BCUT2D eigenvalue weighted by molar-refractivity contribution is 0.0865. The van der Waals surface area contributed by atoms with Crippen molar-refractivity contribution in [1.82, 2.24) is 20.7 Å². The highest BCUT2D eigenvalue weighted by Gasteiger charge is 2.06. The van der Waals surface area contributed by atoms with E-state index in [4.69, 9.17) is 9.84 Å². The van der Waals surface area contributed by atoms with Gasteiger partial charge in [0.05, 0.1) is 19.4 Å². The quantitative estimate of drug-likeness (QED) is 0.502. The topological polar surface area (TPSA) is 100 Å². The van der Waals surface area contributed by atoms with Crippen molar-refractivity contribution in [2.24, 2.45) is 0 Å². The minimum Gasteiger partial charge on any atom is -0.394 e. The fourth-order valence-electron chi connectivity index (χ4n) is 0.944. The van der Waals surface area contributed by atoms with Crippen molar-refractivity contribution in [3.05, 3.63) is 11.9 Å². The van der Waals surface area contributed by atoms with E-state index >= 15 is 0 Å². The normalized spacial score (nSPS) is 10.2. The van der Waals surface area contributed by atoms with Gasteiger partial charge in [0.2, 0.25) is 0 Å². The third kappa shape index (κ3) is 4.52. The maximum Gasteiger partial charge on any atom is 0.273 e. The van der Waals surface area contributed by atoms with Gasteiger partial charge in [-0.15, -0.1) is 0 Å². The number of nitrogens with zero attached hydrogens (tertiary/aromatic N) is 2. The van der Waals surface area contributed by atoms with E-state index in [1.807, 2.05) is 0 Å². The number of hydrogen-bond donors (Lipinski definition) is 3. The molecule has 0 saturated carbocycles. The number of carbonyl (C=O) groups excluding carboxylic acids is 1. The zero-order valence-electron chi connectivity index (χ0n) is 8.27. The number of aliphatic hydroxyl groups excluding tert-OH is 1. The molecule has 15 heavy (non-hydrogen) atoms. The molecule has 0 radical (unpaired) electrons. The summed E-state index contributed by atoms with van der Waals surface area (Å²) < 4.78 is 5.02. The van der Waals surface area contributed by atoms with Gasteiger partial charge in [-0.05, 0) is 6.42 Å². The second-order valence-corrected chi connectivity index (χ2v) is 2.80. The van der Waals surface area contributed by atoms with Gasteiger partial charge in [0.25, 0.3) is 5.91 Å². The Bertz CT molecular complexity index is 275. The number of aromatic amines is 1. The van der Waals surface area contributed by atoms with E-state index in [2.05, 4.69) is 20.7 Å². The molecule has 7 nitrogen and oxygen atoms in total. The number of hydrogen-bond acceptors (Lipinski definition) is 5. The zero-order chi connectivity index (χ0) is 10.9. The van der Waals surface area contributed by atoms with E-state index in [0.717, 1.165) is 0 Å². The summed E-state index contributed by atoms with van der Waals surface area (Å²) >= 11 is 0. The van der Waals surface area contributed by atoms with E-state index < -0.39 is 0 Å². The van der Waals surface area contributed by atoms with Crippen LogP contribution >= 0.6 is 0 Å². The van der Waals surface area contributed by atoms with Gasteiger partial charge in [-0.3, -0.25) is 4.79 Å². The second-order valence-electron chi connectivity index (χ2n) is 2.80. The van der Waals surface area contributed by atoms with E-state index in [0.29, 0.717) is 26.2 Å². The first-order valence-corrected chi connectivity index (χ1v) is 4.67. The third-order valence-corrected chi connectivity index (χ3v) is 1.63. The highest BCUT2D eigenvalue weighted by Crippen LogP contribution is 1.88. The minimum absolute atomic E-state index is 0.0191. The van der Waals surface area contributed by atoms with Crippen LogP contribution in [0.1, 0.15) is 16.9 Å². The van der Waals surface area contributed by atoms with Gasteiger partial charge in [-0.1, -0.05) is 0 Å². The molecule has 0 saturated heterocycles. The van der Waals surface area contributed by atoms with E-state index in [9.17, 15) is 4.79 Å². The molecule has 7 heteroatoms. The van der Waals surface area contributed by atoms with Gasteiger partial charge >= 0.3 is 0 Å². The van der Waals surface area contributed by atoms with Crippen LogP contribution in [0.5, 0.6) is 0 Å². The minimum atomic E-state index is -0.258. The smallest absolute Gasteiger partial charge is 0.273 e. The molecule has 0 aliphatic heterocycles. The maximum atomic E-state index is 11.3. The Morgan fingerprint density at radius 3 is 3.13 bits per heavy atom. The first kappa shape index (κ1) is 11.6. The van der Waals surface area contributed by atoms with Crippen LogP contribution in [0.2, 0.25) is 0 Å². The van der Waals surface area contributed by atoms with Gasteiger partial charge in [0, 0.05) is 13.2 Å². The Morgan fingerprint density at radius 2 is 2.47 bits per heavy atom. The van der Waals surface area contributed by atoms with Crippen molar-refractivity contribution < 1.29 is 14.6 Å². The molecular formula is C8H14N4O3. The highest BCUT2D eigenvalue weighted by atomic mass is 16.5. The molecule has 1 aromatic rings. The van der Waals surface area contributed by atoms with Crippen LogP contribution in [0.15, 0.2) is 6.20 Å². The van der Waals surface area contributed by atoms with E-state index in [-0.39, 0.29) is 18.2 Å². The van der Waals surface area contributed by atoms with Crippen LogP contribution in [0.4, 0.5) is 0 Å². The highest BCUT2D eigenvalue weighted by molar-refractivity contribution is 5.91. The molecule has 1 rings (SSSR count). The zero-order valence-corrected chi connectivity index (χ0v) is 8.27. The average Bonchev–Trinajstić information content (AvgIpc) is 2.76. The van der Waals surface area contributed by atoms with Gasteiger partial charge in [-0.2, -0.15) is 15.4 Å². The Balaban J connectivity index is 2.03. The Hall–Kier alpha value is -1.47. The Morgan fingerprint density at radius 1 is 1.60 bits per heavy atom. The summed E-state index contributed by atoms with van der Waals surface area (Å²) in [7, 11) is 0. The van der Waals surface area contributed by atoms with Crippen LogP contribution in [-0.2, 0) is 4.74 Å². The molecule has 0 aromatic carbocycles. The molecule has 0 spiro atoms. The Labute approximate surface area is 86.8 Å². The lowest BCUT2D eigenvalue weighted by atomic mass is 10.4. The van der Waals surface area contributed by atoms with Crippen molar-refractivity contribution in [3.8, 4) is 0 Å². The molecule has 1 amide bonds. The van der Waals surface area contributed by atoms with Crippen molar-refractivity contribution in [2.75, 3.05) is 26.4 Å². The average molecular weight is 214 g/mol. The molecule has 0 bridgehead atoms. The summed E-state index contributed by atoms with van der Waals surface area (Å²) in [6.07, 6.45) is 2.06. The summed E-state index contributed by atoms with van der Waals surface area (Å²) in [5, 5.41) is 20.6. The lowest BCUT2D eigenvalue weighted by Crippen LogP contribution is -2.25. The molecule has 0 fully saturated rings. The number of nitrogens with one attached hydrogen (secondary N) is 2. The first-order chi connectivity index (χ1) is 7.34. The number of amides is 1. The van der Waals surface area contributed by atoms with Gasteiger partial charge in [-0.25, -0.2) is 0 Å². The number of aromatic nitrogens is 3. The van der Waals surface area contributed by atoms with Crippen LogP contribution in [0.25, 0.3) is 0 Å². The summed E-state index contributed by atoms with van der Waals surface area (Å²) in [6.45, 7) is 1.37. The standard InChI is InChI=1S/C8H14N4O3/c13-3-5-15-4-1-2-9-8(14)7-6-10-12-11-7/h6,13H,1-5H2,(H,9,14)(H,10,11,12). The summed E-state index contributed by atoms with van der Waals surface area (Å²) in [5.41, 5.74) is 0.270. The number of ether oxygens (including phenoxy) is 1. The van der Waals surface area contributed by atoms with Crippen LogP contribution in [0, 0.1) is 0 Å². The van der Waals surface area contributed by atoms with Crippen LogP contribution in [-0.4, -0.2) is 52.8 Å². The monoisotopic (exact) mass is 214 g/mol. The van der Waals surface area contributed by atoms with Crippen molar-refractivity contribution >= 4 is 5.91 Å². The summed E-state index contributed by atoms with van der Waals surface area (Å²) in [5.74, 6) is -0.258. The molecule has 0 aliphatic rings. The van der Waals surface area contributed by atoms with Crippen molar-refractivity contribution in [3.63, 3.8) is 0 Å². The molecule has 0 aliphatic carbocycles. The first-order valence-electron chi connectivity index (χ1n) is 4.67. The number of H-pyrrole nitrogens is 1. The fraction of sp³-hybridized carbons (Fsp3) is 0.625. The lowest BCUT2D eigenvalue weighted by Gasteiger charge is -2.03. The van der Waals surface area contributed by atoms with E-state index in [1.165, 1.54) is 6.20 Å². The molecular weight excluding hydrogens is 200 g/mol. The Kier molecular flexibility index (Phi) is 5.34. The maximum absolute atomic E-state index is 11.3. The van der Waals surface area contributed by atoms with Gasteiger partial charge in [0.15, 0.2) is 5.69 Å². The van der Waals surface area contributed by atoms with Crippen molar-refractivity contribution in [2.45, 2.75) is 6.42 Å². The molecule has 1 heterocycles. The molecule has 84 valence electrons. The molecule has 0 unspecified atom stereocenters. The predicted octanol–water partition coefficient (Wildman–Crippen LogP) is -1.07. The van der Waals surface area contributed by atoms with Crippen LogP contribution < -0.4 is 5.32 Å². The van der Waals surface area contributed by atoms with Crippen molar-refractivity contribution in [1.29, 1.82) is 0 Å². The third-order valence-electron chi connectivity index (χ3n) is 1.63. The summed E-state index contributed by atoms with van der Waals surface area (Å²) in [4.78, 5) is 11.3. The second kappa shape index (κ2) is 6.91. The number of carbonyl (C=O) groups is 1. The SMILES string of the molecule is O=C(NCCCOCCO)c1cn[nH]n1. The fourth-order valence-corrected chi connectivity index (χ4v) is 0.944. The van der Waals surface area contributed by atoms with Crippen LogP contribution in [0.3, 0.4) is 0 Å². The van der Waals surface area contributed by atoms with Gasteiger partial charge < -0.3 is 15.2 Å². The van der Waals surface area contributed by atoms with Gasteiger partial charge in [0.1, 0.15) is 0 Å². The van der Waals surface area contributed by atoms with E-state index in [1.54, 1.807) is 0 Å². The molecule has 3 N–H and O–H groups in total. The predicted molar refractivity (Wildman–Crippen MR) is 51.2 cm³/mol. The molecule has 1 aromatic heterocycles. The number of aliphatic hydroxyl groups is 1. The largest absolute Gasteiger partial charge is 0.394 e.